The van der Waals surface area contributed by atoms with Gasteiger partial charge in [0.1, 0.15) is 0 Å². The van der Waals surface area contributed by atoms with Crippen LogP contribution in [-0.2, 0) is 19.1 Å². The Kier molecular flexibility index (Phi) is 4.98. The van der Waals surface area contributed by atoms with Gasteiger partial charge in [-0.1, -0.05) is 12.2 Å². The van der Waals surface area contributed by atoms with Gasteiger partial charge in [-0.15, -0.1) is 0 Å². The predicted molar refractivity (Wildman–Crippen MR) is 74.3 cm³/mol. The number of esters is 1. The van der Waals surface area contributed by atoms with E-state index in [4.69, 9.17) is 4.74 Å². The number of hydrogen-bond acceptors (Lipinski definition) is 4. The van der Waals surface area contributed by atoms with Crippen molar-refractivity contribution < 1.29 is 24.2 Å². The lowest BCUT2D eigenvalue weighted by Crippen LogP contribution is -2.46. The van der Waals surface area contributed by atoms with Gasteiger partial charge in [0.2, 0.25) is 5.91 Å². The molecule has 0 aromatic heterocycles. The van der Waals surface area contributed by atoms with Crippen molar-refractivity contribution in [2.45, 2.75) is 25.7 Å². The molecule has 2 rings (SSSR count). The molecule has 116 valence electrons. The Hall–Kier alpha value is -1.85. The first-order valence-corrected chi connectivity index (χ1v) is 7.29. The van der Waals surface area contributed by atoms with Gasteiger partial charge in [0.15, 0.2) is 0 Å². The maximum atomic E-state index is 12.5. The zero-order chi connectivity index (χ0) is 15.4. The van der Waals surface area contributed by atoms with Crippen LogP contribution in [0.25, 0.3) is 0 Å². The van der Waals surface area contributed by atoms with Crippen molar-refractivity contribution in [3.05, 3.63) is 12.2 Å². The third-order valence-electron chi connectivity index (χ3n) is 4.41. The number of carboxylic acid groups (broad SMARTS) is 1. The van der Waals surface area contributed by atoms with E-state index in [0.717, 1.165) is 0 Å². The Morgan fingerprint density at radius 1 is 1.10 bits per heavy atom. The zero-order valence-electron chi connectivity index (χ0n) is 12.2. The SMILES string of the molecule is COC(=O)C1CCN(C(=O)C2CC=CCC2C(=O)O)CC1. The van der Waals surface area contributed by atoms with Crippen LogP contribution < -0.4 is 0 Å². The molecule has 2 aliphatic rings. The van der Waals surface area contributed by atoms with Crippen molar-refractivity contribution in [2.24, 2.45) is 17.8 Å². The molecule has 1 aliphatic heterocycles. The highest BCUT2D eigenvalue weighted by Gasteiger charge is 2.38. The van der Waals surface area contributed by atoms with Crippen molar-refractivity contribution in [3.63, 3.8) is 0 Å². The fraction of sp³-hybridized carbons (Fsp3) is 0.667. The zero-order valence-corrected chi connectivity index (χ0v) is 12.2. The number of aliphatic carboxylic acids is 1. The summed E-state index contributed by atoms with van der Waals surface area (Å²) in [5.74, 6) is -2.52. The van der Waals surface area contributed by atoms with E-state index in [0.29, 0.717) is 38.8 Å². The molecule has 1 N–H and O–H groups in total. The first-order chi connectivity index (χ1) is 10.0. The molecule has 2 atom stereocenters. The van der Waals surface area contributed by atoms with Crippen molar-refractivity contribution in [1.82, 2.24) is 4.90 Å². The number of nitrogens with zero attached hydrogens (tertiary/aromatic N) is 1. The van der Waals surface area contributed by atoms with Crippen LogP contribution in [0.15, 0.2) is 12.2 Å². The number of carboxylic acids is 1. The quantitative estimate of drug-likeness (QED) is 0.622. The largest absolute Gasteiger partial charge is 0.481 e. The minimum atomic E-state index is -0.915. The number of hydrogen-bond donors (Lipinski definition) is 1. The van der Waals surface area contributed by atoms with Gasteiger partial charge < -0.3 is 14.7 Å². The summed E-state index contributed by atoms with van der Waals surface area (Å²) >= 11 is 0. The molecule has 2 unspecified atom stereocenters. The lowest BCUT2D eigenvalue weighted by atomic mass is 9.81. The fourth-order valence-electron chi connectivity index (χ4n) is 3.10. The molecule has 1 amide bonds. The van der Waals surface area contributed by atoms with E-state index in [1.807, 2.05) is 12.2 Å². The summed E-state index contributed by atoms with van der Waals surface area (Å²) < 4.78 is 4.72. The number of carbonyl (C=O) groups excluding carboxylic acids is 2. The number of rotatable bonds is 3. The average molecular weight is 295 g/mol. The normalized spacial score (nSPS) is 26.4. The number of amides is 1. The maximum Gasteiger partial charge on any atom is 0.308 e. The van der Waals surface area contributed by atoms with Crippen LogP contribution in [0.1, 0.15) is 25.7 Å². The van der Waals surface area contributed by atoms with Crippen molar-refractivity contribution in [3.8, 4) is 0 Å². The second kappa shape index (κ2) is 6.74. The molecular weight excluding hydrogens is 274 g/mol. The molecule has 0 aromatic carbocycles. The lowest BCUT2D eigenvalue weighted by molar-refractivity contribution is -0.153. The van der Waals surface area contributed by atoms with Crippen molar-refractivity contribution in [1.29, 1.82) is 0 Å². The van der Waals surface area contributed by atoms with E-state index in [2.05, 4.69) is 0 Å². The molecule has 1 aliphatic carbocycles. The molecule has 21 heavy (non-hydrogen) atoms. The Bertz CT molecular complexity index is 451. The van der Waals surface area contributed by atoms with E-state index in [1.54, 1.807) is 4.90 Å². The van der Waals surface area contributed by atoms with Crippen molar-refractivity contribution in [2.75, 3.05) is 20.2 Å². The highest BCUT2D eigenvalue weighted by Crippen LogP contribution is 2.29. The number of ether oxygens (including phenoxy) is 1. The van der Waals surface area contributed by atoms with E-state index < -0.39 is 17.8 Å². The van der Waals surface area contributed by atoms with Crippen LogP contribution >= 0.6 is 0 Å². The Morgan fingerprint density at radius 2 is 1.67 bits per heavy atom. The molecule has 0 spiro atoms. The molecule has 0 radical (unpaired) electrons. The molecular formula is C15H21NO5. The summed E-state index contributed by atoms with van der Waals surface area (Å²) in [5.41, 5.74) is 0. The van der Waals surface area contributed by atoms with Gasteiger partial charge in [0.25, 0.3) is 0 Å². The highest BCUT2D eigenvalue weighted by molar-refractivity contribution is 5.85. The second-order valence-corrected chi connectivity index (χ2v) is 5.62. The first-order valence-electron chi connectivity index (χ1n) is 7.29. The van der Waals surface area contributed by atoms with Gasteiger partial charge in [-0.3, -0.25) is 14.4 Å². The predicted octanol–water partition coefficient (Wildman–Crippen LogP) is 1.06. The van der Waals surface area contributed by atoms with Gasteiger partial charge in [0, 0.05) is 13.1 Å². The first kappa shape index (κ1) is 15.5. The Labute approximate surface area is 123 Å². The third-order valence-corrected chi connectivity index (χ3v) is 4.41. The van der Waals surface area contributed by atoms with Gasteiger partial charge in [0.05, 0.1) is 24.9 Å². The van der Waals surface area contributed by atoms with Crippen LogP contribution in [0.4, 0.5) is 0 Å². The third kappa shape index (κ3) is 3.43. The minimum absolute atomic E-state index is 0.102. The summed E-state index contributed by atoms with van der Waals surface area (Å²) in [5, 5.41) is 9.24. The van der Waals surface area contributed by atoms with Gasteiger partial charge in [-0.2, -0.15) is 0 Å². The van der Waals surface area contributed by atoms with E-state index in [1.165, 1.54) is 7.11 Å². The smallest absolute Gasteiger partial charge is 0.308 e. The Morgan fingerprint density at radius 3 is 2.19 bits per heavy atom. The topological polar surface area (TPSA) is 83.9 Å². The van der Waals surface area contributed by atoms with E-state index in [-0.39, 0.29) is 17.8 Å². The number of piperidine rings is 1. The minimum Gasteiger partial charge on any atom is -0.481 e. The van der Waals surface area contributed by atoms with Crippen LogP contribution in [0.3, 0.4) is 0 Å². The fourth-order valence-corrected chi connectivity index (χ4v) is 3.10. The molecule has 1 heterocycles. The highest BCUT2D eigenvalue weighted by atomic mass is 16.5. The van der Waals surface area contributed by atoms with Crippen molar-refractivity contribution >= 4 is 17.8 Å². The summed E-state index contributed by atoms with van der Waals surface area (Å²) in [7, 11) is 1.37. The lowest BCUT2D eigenvalue weighted by Gasteiger charge is -2.35. The van der Waals surface area contributed by atoms with Crippen LogP contribution in [0, 0.1) is 17.8 Å². The van der Waals surface area contributed by atoms with Crippen LogP contribution in [-0.4, -0.2) is 48.1 Å². The number of carbonyl (C=O) groups is 3. The molecule has 1 fully saturated rings. The van der Waals surface area contributed by atoms with Gasteiger partial charge in [-0.25, -0.2) is 0 Å². The summed E-state index contributed by atoms with van der Waals surface area (Å²) in [4.78, 5) is 37.0. The maximum absolute atomic E-state index is 12.5. The molecule has 1 saturated heterocycles. The van der Waals surface area contributed by atoms with E-state index >= 15 is 0 Å². The summed E-state index contributed by atoms with van der Waals surface area (Å²) in [6.07, 6.45) is 5.75. The summed E-state index contributed by atoms with van der Waals surface area (Å²) in [6, 6.07) is 0. The molecule has 6 nitrogen and oxygen atoms in total. The monoisotopic (exact) mass is 295 g/mol. The number of allylic oxidation sites excluding steroid dienone is 2. The molecule has 0 bridgehead atoms. The van der Waals surface area contributed by atoms with Crippen LogP contribution in [0.2, 0.25) is 0 Å². The molecule has 0 saturated carbocycles. The van der Waals surface area contributed by atoms with Crippen LogP contribution in [0.5, 0.6) is 0 Å². The average Bonchev–Trinajstić information content (AvgIpc) is 2.53. The van der Waals surface area contributed by atoms with Gasteiger partial charge >= 0.3 is 11.9 Å². The molecule has 6 heteroatoms. The Balaban J connectivity index is 1.96. The molecule has 0 aromatic rings. The van der Waals surface area contributed by atoms with Gasteiger partial charge in [-0.05, 0) is 25.7 Å². The second-order valence-electron chi connectivity index (χ2n) is 5.62. The van der Waals surface area contributed by atoms with E-state index in [9.17, 15) is 19.5 Å². The standard InChI is InChI=1S/C15H21NO5/c1-21-15(20)10-6-8-16(9-7-10)13(17)11-4-2-3-5-12(11)14(18)19/h2-3,10-12H,4-9H2,1H3,(H,18,19). The number of methoxy groups -OCH3 is 1. The number of likely N-dealkylation sites (tertiary alicyclic amines) is 1. The summed E-state index contributed by atoms with van der Waals surface area (Å²) in [6.45, 7) is 0.982.